The van der Waals surface area contributed by atoms with Crippen LogP contribution in [0.1, 0.15) is 37.5 Å². The highest BCUT2D eigenvalue weighted by atomic mass is 16.5. The molecule has 6 heteroatoms. The summed E-state index contributed by atoms with van der Waals surface area (Å²) in [6.45, 7) is 5.84. The number of hydrogen-bond acceptors (Lipinski definition) is 6. The topological polar surface area (TPSA) is 66.4 Å². The molecule has 4 rings (SSSR count). The Morgan fingerprint density at radius 3 is 1.00 bits per heavy atom. The van der Waals surface area contributed by atoms with E-state index in [1.54, 1.807) is 0 Å². The highest BCUT2D eigenvalue weighted by Crippen LogP contribution is 2.31. The molecule has 0 amide bonds. The predicted molar refractivity (Wildman–Crippen MR) is 143 cm³/mol. The molecule has 4 aromatic rings. The van der Waals surface area contributed by atoms with Gasteiger partial charge in [0.15, 0.2) is 0 Å². The molecular weight excluding hydrogens is 450 g/mol. The quantitative estimate of drug-likeness (QED) is 0.241. The van der Waals surface area contributed by atoms with E-state index in [-0.39, 0.29) is 18.0 Å². The highest BCUT2D eigenvalue weighted by molar-refractivity contribution is 5.59. The van der Waals surface area contributed by atoms with Gasteiger partial charge in [0.2, 0.25) is 0 Å². The van der Waals surface area contributed by atoms with Crippen LogP contribution in [0.2, 0.25) is 0 Å². The fraction of sp³-hybridized carbons (Fsp3) is 0.100. The van der Waals surface area contributed by atoms with Crippen molar-refractivity contribution in [2.45, 2.75) is 20.8 Å². The third-order valence-electron chi connectivity index (χ3n) is 4.97. The van der Waals surface area contributed by atoms with E-state index in [0.717, 1.165) is 16.7 Å². The van der Waals surface area contributed by atoms with Crippen molar-refractivity contribution in [1.82, 2.24) is 15.0 Å². The molecule has 0 aliphatic carbocycles. The molecule has 0 saturated carbocycles. The molecule has 6 nitrogen and oxygen atoms in total. The van der Waals surface area contributed by atoms with E-state index in [1.807, 2.05) is 130 Å². The maximum Gasteiger partial charge on any atom is 0.331 e. The van der Waals surface area contributed by atoms with Crippen molar-refractivity contribution in [2.24, 2.45) is 0 Å². The fourth-order valence-electron chi connectivity index (χ4n) is 3.42. The highest BCUT2D eigenvalue weighted by Gasteiger charge is 2.15. The lowest BCUT2D eigenvalue weighted by Crippen LogP contribution is -2.02. The molecule has 0 unspecified atom stereocenters. The number of rotatable bonds is 9. The average molecular weight is 478 g/mol. The standard InChI is InChI=1S/C30H27N3O3/c1-4-13-22-16-7-10-19-25(22)34-28-31-29(35-26-20-11-8-17-23(26)14-5-2)33-30(32-28)36-27-21-12-9-18-24(27)15-6-3/h4-21H,1-3H3/b13-4+,14-5+,15-6+. The molecule has 0 atom stereocenters. The van der Waals surface area contributed by atoms with Crippen molar-refractivity contribution in [2.75, 3.05) is 0 Å². The van der Waals surface area contributed by atoms with E-state index in [9.17, 15) is 0 Å². The number of allylic oxidation sites excluding steroid dienone is 3. The van der Waals surface area contributed by atoms with Crippen molar-refractivity contribution in [3.63, 3.8) is 0 Å². The molecule has 3 aromatic carbocycles. The Balaban J connectivity index is 1.75. The molecule has 0 aliphatic heterocycles. The molecule has 0 fully saturated rings. The number of hydrogen-bond donors (Lipinski definition) is 0. The summed E-state index contributed by atoms with van der Waals surface area (Å²) >= 11 is 0. The molecule has 180 valence electrons. The van der Waals surface area contributed by atoms with E-state index in [0.29, 0.717) is 17.2 Å². The van der Waals surface area contributed by atoms with Crippen LogP contribution in [0.25, 0.3) is 18.2 Å². The number of aromatic nitrogens is 3. The summed E-state index contributed by atoms with van der Waals surface area (Å²) in [6.07, 6.45) is 11.7. The second kappa shape index (κ2) is 12.1. The molecule has 0 bridgehead atoms. The van der Waals surface area contributed by atoms with Gasteiger partial charge in [0.1, 0.15) is 17.2 Å². The van der Waals surface area contributed by atoms with E-state index >= 15 is 0 Å². The van der Waals surface area contributed by atoms with Crippen molar-refractivity contribution in [3.05, 3.63) is 108 Å². The number of ether oxygens (including phenoxy) is 3. The summed E-state index contributed by atoms with van der Waals surface area (Å²) in [4.78, 5) is 13.3. The van der Waals surface area contributed by atoms with Crippen molar-refractivity contribution in [3.8, 4) is 35.3 Å². The first-order valence-electron chi connectivity index (χ1n) is 11.6. The maximum absolute atomic E-state index is 6.07. The Morgan fingerprint density at radius 2 is 0.722 bits per heavy atom. The van der Waals surface area contributed by atoms with Gasteiger partial charge in [-0.05, 0) is 39.0 Å². The summed E-state index contributed by atoms with van der Waals surface area (Å²) in [5, 5.41) is 0. The van der Waals surface area contributed by atoms with Gasteiger partial charge in [-0.1, -0.05) is 91.1 Å². The second-order valence-corrected chi connectivity index (χ2v) is 7.60. The monoisotopic (exact) mass is 477 g/mol. The van der Waals surface area contributed by atoms with Crippen LogP contribution in [0.4, 0.5) is 0 Å². The number of para-hydroxylation sites is 3. The minimum atomic E-state index is 0.0546. The zero-order valence-electron chi connectivity index (χ0n) is 20.5. The zero-order valence-corrected chi connectivity index (χ0v) is 20.5. The first kappa shape index (κ1) is 24.4. The summed E-state index contributed by atoms with van der Waals surface area (Å²) < 4.78 is 18.2. The van der Waals surface area contributed by atoms with Gasteiger partial charge < -0.3 is 14.2 Å². The molecule has 0 N–H and O–H groups in total. The SMILES string of the molecule is C/C=C/c1ccccc1Oc1nc(Oc2ccccc2/C=C/C)nc(Oc2ccccc2/C=C/C)n1. The first-order chi connectivity index (χ1) is 17.7. The summed E-state index contributed by atoms with van der Waals surface area (Å²) in [6, 6.07) is 23.0. The Hall–Kier alpha value is -4.71. The van der Waals surface area contributed by atoms with Crippen LogP contribution < -0.4 is 14.2 Å². The van der Waals surface area contributed by atoms with E-state index in [1.165, 1.54) is 0 Å². The fourth-order valence-corrected chi connectivity index (χ4v) is 3.42. The third-order valence-corrected chi connectivity index (χ3v) is 4.97. The lowest BCUT2D eigenvalue weighted by Gasteiger charge is -2.12. The van der Waals surface area contributed by atoms with Crippen molar-refractivity contribution < 1.29 is 14.2 Å². The molecule has 1 heterocycles. The van der Waals surface area contributed by atoms with Crippen molar-refractivity contribution >= 4 is 18.2 Å². The normalized spacial score (nSPS) is 11.4. The Labute approximate surface area is 211 Å². The summed E-state index contributed by atoms with van der Waals surface area (Å²) in [5.74, 6) is 1.80. The second-order valence-electron chi connectivity index (χ2n) is 7.60. The lowest BCUT2D eigenvalue weighted by atomic mass is 10.2. The molecular formula is C30H27N3O3. The average Bonchev–Trinajstić information content (AvgIpc) is 2.88. The van der Waals surface area contributed by atoms with Gasteiger partial charge in [-0.2, -0.15) is 0 Å². The van der Waals surface area contributed by atoms with Crippen molar-refractivity contribution in [1.29, 1.82) is 0 Å². The Morgan fingerprint density at radius 1 is 0.444 bits per heavy atom. The number of benzene rings is 3. The molecule has 1 aromatic heterocycles. The van der Waals surface area contributed by atoms with Gasteiger partial charge in [-0.25, -0.2) is 0 Å². The van der Waals surface area contributed by atoms with Gasteiger partial charge in [0, 0.05) is 16.7 Å². The first-order valence-corrected chi connectivity index (χ1v) is 11.6. The molecule has 0 radical (unpaired) electrons. The van der Waals surface area contributed by atoms with Crippen LogP contribution in [0, 0.1) is 0 Å². The molecule has 0 saturated heterocycles. The Bertz CT molecular complexity index is 1230. The van der Waals surface area contributed by atoms with Crippen LogP contribution >= 0.6 is 0 Å². The van der Waals surface area contributed by atoms with Crippen LogP contribution in [-0.4, -0.2) is 15.0 Å². The van der Waals surface area contributed by atoms with Gasteiger partial charge in [0.25, 0.3) is 0 Å². The smallest absolute Gasteiger partial charge is 0.331 e. The zero-order chi connectivity index (χ0) is 25.2. The predicted octanol–water partition coefficient (Wildman–Crippen LogP) is 8.35. The van der Waals surface area contributed by atoms with Gasteiger partial charge in [-0.15, -0.1) is 15.0 Å². The maximum atomic E-state index is 6.07. The minimum Gasteiger partial charge on any atom is -0.423 e. The summed E-state index contributed by atoms with van der Waals surface area (Å²) in [7, 11) is 0. The lowest BCUT2D eigenvalue weighted by molar-refractivity contribution is 0.361. The summed E-state index contributed by atoms with van der Waals surface area (Å²) in [5.41, 5.74) is 2.67. The van der Waals surface area contributed by atoms with Crippen LogP contribution in [-0.2, 0) is 0 Å². The number of nitrogens with zero attached hydrogens (tertiary/aromatic N) is 3. The van der Waals surface area contributed by atoms with E-state index in [4.69, 9.17) is 14.2 Å². The van der Waals surface area contributed by atoms with Crippen LogP contribution in [0.3, 0.4) is 0 Å². The van der Waals surface area contributed by atoms with E-state index < -0.39 is 0 Å². The van der Waals surface area contributed by atoms with Crippen LogP contribution in [0.5, 0.6) is 35.3 Å². The molecule has 36 heavy (non-hydrogen) atoms. The van der Waals surface area contributed by atoms with Gasteiger partial charge in [0.05, 0.1) is 0 Å². The van der Waals surface area contributed by atoms with Gasteiger partial charge in [-0.3, -0.25) is 0 Å². The largest absolute Gasteiger partial charge is 0.423 e. The third kappa shape index (κ3) is 6.24. The van der Waals surface area contributed by atoms with Gasteiger partial charge >= 0.3 is 18.0 Å². The molecule has 0 spiro atoms. The minimum absolute atomic E-state index is 0.0546. The Kier molecular flexibility index (Phi) is 8.22. The van der Waals surface area contributed by atoms with Crippen LogP contribution in [0.15, 0.2) is 91.0 Å². The molecule has 0 aliphatic rings. The van der Waals surface area contributed by atoms with E-state index in [2.05, 4.69) is 15.0 Å².